The van der Waals surface area contributed by atoms with E-state index in [4.69, 9.17) is 24.7 Å². The van der Waals surface area contributed by atoms with Crippen LogP contribution in [0.15, 0.2) is 47.3 Å². The van der Waals surface area contributed by atoms with Crippen LogP contribution in [0.25, 0.3) is 11.3 Å². The fourth-order valence-electron chi connectivity index (χ4n) is 3.26. The maximum atomic E-state index is 12.5. The Morgan fingerprint density at radius 2 is 1.94 bits per heavy atom. The summed E-state index contributed by atoms with van der Waals surface area (Å²) in [5.41, 5.74) is 7.10. The molecule has 1 aliphatic rings. The summed E-state index contributed by atoms with van der Waals surface area (Å²) in [6.07, 6.45) is 0. The minimum absolute atomic E-state index is 0.0385. The molecule has 0 atom stereocenters. The summed E-state index contributed by atoms with van der Waals surface area (Å²) in [5.74, 6) is 2.00. The number of methoxy groups -OCH3 is 2. The molecule has 2 aromatic carbocycles. The third kappa shape index (κ3) is 4.29. The highest BCUT2D eigenvalue weighted by molar-refractivity contribution is 5.76. The van der Waals surface area contributed by atoms with Gasteiger partial charge in [0, 0.05) is 12.1 Å². The van der Waals surface area contributed by atoms with Gasteiger partial charge in [-0.15, -0.1) is 0 Å². The average Bonchev–Trinajstić information content (AvgIpc) is 3.28. The monoisotopic (exact) mass is 438 g/mol. The first kappa shape index (κ1) is 21.0. The maximum absolute atomic E-state index is 12.5. The zero-order chi connectivity index (χ0) is 22.7. The molecule has 0 spiro atoms. The highest BCUT2D eigenvalue weighted by Crippen LogP contribution is 2.33. The smallest absolute Gasteiger partial charge is 0.290 e. The largest absolute Gasteiger partial charge is 0.497 e. The van der Waals surface area contributed by atoms with Crippen LogP contribution in [-0.2, 0) is 17.9 Å². The Hall–Kier alpha value is -4.21. The van der Waals surface area contributed by atoms with Crippen LogP contribution in [-0.4, -0.2) is 36.7 Å². The number of ether oxygens (including phenoxy) is 4. The number of aromatic nitrogens is 2. The molecule has 0 aliphatic carbocycles. The summed E-state index contributed by atoms with van der Waals surface area (Å²) < 4.78 is 22.3. The third-order valence-electron chi connectivity index (χ3n) is 4.90. The number of nitrogen functional groups attached to an aromatic ring is 1. The summed E-state index contributed by atoms with van der Waals surface area (Å²) in [5, 5.41) is 7.09. The molecule has 0 fully saturated rings. The lowest BCUT2D eigenvalue weighted by Crippen LogP contribution is -2.34. The van der Waals surface area contributed by atoms with Gasteiger partial charge in [0.05, 0.1) is 19.9 Å². The topological polar surface area (TPSA) is 127 Å². The number of hydrogen-bond acceptors (Lipinski definition) is 8. The maximum Gasteiger partial charge on any atom is 0.290 e. The quantitative estimate of drug-likeness (QED) is 0.569. The second kappa shape index (κ2) is 8.88. The first-order chi connectivity index (χ1) is 15.5. The third-order valence-corrected chi connectivity index (χ3v) is 4.90. The Kier molecular flexibility index (Phi) is 5.84. The summed E-state index contributed by atoms with van der Waals surface area (Å²) >= 11 is 0. The molecule has 0 radical (unpaired) electrons. The van der Waals surface area contributed by atoms with Gasteiger partial charge < -0.3 is 30.0 Å². The molecule has 0 unspecified atom stereocenters. The number of hydrogen-bond donors (Lipinski definition) is 2. The fraction of sp³-hybridized carbons (Fsp3) is 0.227. The average molecular weight is 438 g/mol. The van der Waals surface area contributed by atoms with Gasteiger partial charge >= 0.3 is 0 Å². The van der Waals surface area contributed by atoms with Crippen molar-refractivity contribution in [1.29, 1.82) is 0 Å². The highest BCUT2D eigenvalue weighted by atomic mass is 16.7. The van der Waals surface area contributed by atoms with Gasteiger partial charge in [0.15, 0.2) is 11.5 Å². The van der Waals surface area contributed by atoms with Crippen LogP contribution in [0.2, 0.25) is 0 Å². The van der Waals surface area contributed by atoms with Gasteiger partial charge in [-0.2, -0.15) is 5.10 Å². The molecule has 0 bridgehead atoms. The van der Waals surface area contributed by atoms with Crippen molar-refractivity contribution in [3.63, 3.8) is 0 Å². The molecule has 1 aromatic heterocycles. The van der Waals surface area contributed by atoms with Crippen LogP contribution in [0.4, 0.5) is 5.69 Å². The van der Waals surface area contributed by atoms with Crippen LogP contribution >= 0.6 is 0 Å². The standard InChI is InChI=1S/C22H22N4O6/c1-29-14-4-6-18(30-2)15(8-14)17-9-16(23)22(28)26(25-17)11-21(27)24-10-13-3-5-19-20(7-13)32-12-31-19/h3-9H,10-12,23H2,1-2H3,(H,24,27). The van der Waals surface area contributed by atoms with Crippen molar-refractivity contribution < 1.29 is 23.7 Å². The van der Waals surface area contributed by atoms with Gasteiger partial charge in [0.25, 0.3) is 5.56 Å². The molecule has 3 aromatic rings. The molecular weight excluding hydrogens is 416 g/mol. The Morgan fingerprint density at radius 3 is 2.72 bits per heavy atom. The van der Waals surface area contributed by atoms with Crippen LogP contribution in [0, 0.1) is 0 Å². The number of carbonyl (C=O) groups excluding carboxylic acids is 1. The van der Waals surface area contributed by atoms with Gasteiger partial charge in [-0.05, 0) is 42.0 Å². The minimum Gasteiger partial charge on any atom is -0.497 e. The lowest BCUT2D eigenvalue weighted by Gasteiger charge is -2.13. The second-order valence-corrected chi connectivity index (χ2v) is 6.98. The molecule has 1 aliphatic heterocycles. The summed E-state index contributed by atoms with van der Waals surface area (Å²) in [6.45, 7) is 0.131. The molecule has 32 heavy (non-hydrogen) atoms. The highest BCUT2D eigenvalue weighted by Gasteiger charge is 2.16. The fourth-order valence-corrected chi connectivity index (χ4v) is 3.26. The SMILES string of the molecule is COc1ccc(OC)c(-c2cc(N)c(=O)n(CC(=O)NCc3ccc4c(c3)OCO4)n2)c1. The van der Waals surface area contributed by atoms with Crippen molar-refractivity contribution in [2.24, 2.45) is 0 Å². The predicted molar refractivity (Wildman–Crippen MR) is 116 cm³/mol. The molecule has 2 heterocycles. The van der Waals surface area contributed by atoms with E-state index in [-0.39, 0.29) is 25.6 Å². The first-order valence-electron chi connectivity index (χ1n) is 9.73. The molecule has 1 amide bonds. The lowest BCUT2D eigenvalue weighted by molar-refractivity contribution is -0.122. The molecule has 0 saturated heterocycles. The summed E-state index contributed by atoms with van der Waals surface area (Å²) in [7, 11) is 3.06. The van der Waals surface area contributed by atoms with Crippen LogP contribution < -0.4 is 35.6 Å². The second-order valence-electron chi connectivity index (χ2n) is 6.98. The molecule has 166 valence electrons. The van der Waals surface area contributed by atoms with Crippen molar-refractivity contribution in [2.75, 3.05) is 26.7 Å². The van der Waals surface area contributed by atoms with Gasteiger partial charge in [-0.25, -0.2) is 4.68 Å². The van der Waals surface area contributed by atoms with E-state index in [9.17, 15) is 9.59 Å². The van der Waals surface area contributed by atoms with E-state index >= 15 is 0 Å². The molecule has 4 rings (SSSR count). The zero-order valence-electron chi connectivity index (χ0n) is 17.6. The number of anilines is 1. The van der Waals surface area contributed by atoms with Crippen LogP contribution in [0.3, 0.4) is 0 Å². The van der Waals surface area contributed by atoms with Crippen molar-refractivity contribution >= 4 is 11.6 Å². The molecule has 0 saturated carbocycles. The Morgan fingerprint density at radius 1 is 1.12 bits per heavy atom. The Balaban J connectivity index is 1.53. The van der Waals surface area contributed by atoms with Crippen molar-refractivity contribution in [1.82, 2.24) is 15.1 Å². The van der Waals surface area contributed by atoms with Gasteiger partial charge in [-0.1, -0.05) is 6.07 Å². The van der Waals surface area contributed by atoms with E-state index in [1.54, 1.807) is 37.4 Å². The van der Waals surface area contributed by atoms with Gasteiger partial charge in [-0.3, -0.25) is 9.59 Å². The van der Waals surface area contributed by atoms with Crippen LogP contribution in [0.1, 0.15) is 5.56 Å². The molecule has 10 nitrogen and oxygen atoms in total. The number of rotatable bonds is 7. The number of fused-ring (bicyclic) bond motifs is 1. The van der Waals surface area contributed by atoms with E-state index < -0.39 is 11.5 Å². The number of carbonyl (C=O) groups is 1. The number of amides is 1. The lowest BCUT2D eigenvalue weighted by atomic mass is 10.1. The zero-order valence-corrected chi connectivity index (χ0v) is 17.6. The number of nitrogens with zero attached hydrogens (tertiary/aromatic N) is 2. The van der Waals surface area contributed by atoms with Crippen molar-refractivity contribution in [3.05, 3.63) is 58.4 Å². The predicted octanol–water partition coefficient (Wildman–Crippen LogP) is 1.55. The van der Waals surface area contributed by atoms with E-state index in [1.807, 2.05) is 6.07 Å². The molecular formula is C22H22N4O6. The van der Waals surface area contributed by atoms with Gasteiger partial charge in [0.1, 0.15) is 23.7 Å². The van der Waals surface area contributed by atoms with Gasteiger partial charge in [0.2, 0.25) is 12.7 Å². The molecule has 10 heteroatoms. The molecule has 3 N–H and O–H groups in total. The summed E-state index contributed by atoms with van der Waals surface area (Å²) in [6, 6.07) is 12.0. The normalized spacial score (nSPS) is 11.8. The van der Waals surface area contributed by atoms with Crippen LogP contribution in [0.5, 0.6) is 23.0 Å². The Labute approximate surface area is 183 Å². The van der Waals surface area contributed by atoms with E-state index in [0.29, 0.717) is 34.3 Å². The summed E-state index contributed by atoms with van der Waals surface area (Å²) in [4.78, 5) is 25.0. The van der Waals surface area contributed by atoms with E-state index in [2.05, 4.69) is 10.4 Å². The Bertz CT molecular complexity index is 1220. The van der Waals surface area contributed by atoms with Crippen molar-refractivity contribution in [3.8, 4) is 34.3 Å². The number of benzene rings is 2. The number of nitrogens with two attached hydrogens (primary N) is 1. The van der Waals surface area contributed by atoms with Crippen molar-refractivity contribution in [2.45, 2.75) is 13.1 Å². The first-order valence-corrected chi connectivity index (χ1v) is 9.73. The van der Waals surface area contributed by atoms with E-state index in [1.165, 1.54) is 13.2 Å². The number of nitrogens with one attached hydrogen (secondary N) is 1. The van der Waals surface area contributed by atoms with E-state index in [0.717, 1.165) is 10.2 Å². The minimum atomic E-state index is -0.561.